The molecule has 3 amide bonds. The molecule has 9 heteroatoms. The molecule has 2 aliphatic rings. The Balaban J connectivity index is 1.35. The molecule has 0 spiro atoms. The lowest BCUT2D eigenvalue weighted by atomic mass is 9.88. The van der Waals surface area contributed by atoms with Crippen molar-refractivity contribution < 1.29 is 14.7 Å². The van der Waals surface area contributed by atoms with Gasteiger partial charge in [-0.3, -0.25) is 14.8 Å². The van der Waals surface area contributed by atoms with Crippen molar-refractivity contribution in [2.75, 3.05) is 0 Å². The smallest absolute Gasteiger partial charge is 0.322 e. The molecular formula is C25H22ClN5O3. The molecule has 34 heavy (non-hydrogen) atoms. The Morgan fingerprint density at radius 2 is 1.88 bits per heavy atom. The molecule has 172 valence electrons. The molecule has 4 aromatic rings. The third kappa shape index (κ3) is 3.51. The second-order valence-electron chi connectivity index (χ2n) is 9.10. The number of fused-ring (bicyclic) bond motifs is 1. The molecule has 1 atom stereocenters. The Bertz CT molecular complexity index is 1440. The van der Waals surface area contributed by atoms with E-state index in [1.807, 2.05) is 41.3 Å². The second kappa shape index (κ2) is 7.63. The summed E-state index contributed by atoms with van der Waals surface area (Å²) in [5.74, 6) is 0.237. The van der Waals surface area contributed by atoms with Crippen LogP contribution in [0.5, 0.6) is 5.88 Å². The number of benzene rings is 2. The standard InChI is InChI=1S/C25H22ClN5O3/c26-20-8-5-17-12-30(22(32)21(17)9-20)14-25(23(33)28-24(34)29-25)19-6-3-16(4-7-19)18-10-27-31(13-18)11-15-1-2-15/h3-10,12-13,15,32H,1-2,11,14H2,(H2,28,29,33,34)/t25-/m0/s1. The fourth-order valence-corrected chi connectivity index (χ4v) is 4.79. The van der Waals surface area contributed by atoms with Crippen LogP contribution in [0.2, 0.25) is 5.02 Å². The number of carbonyl (C=O) groups excluding carboxylic acids is 2. The van der Waals surface area contributed by atoms with Crippen LogP contribution in [0.1, 0.15) is 18.4 Å². The third-order valence-electron chi connectivity index (χ3n) is 6.66. The van der Waals surface area contributed by atoms with Crippen molar-refractivity contribution in [2.45, 2.75) is 31.5 Å². The number of nitrogens with zero attached hydrogens (tertiary/aromatic N) is 3. The molecular weight excluding hydrogens is 454 g/mol. The van der Waals surface area contributed by atoms with Gasteiger partial charge < -0.3 is 15.0 Å². The van der Waals surface area contributed by atoms with Gasteiger partial charge in [-0.05, 0) is 42.0 Å². The molecule has 0 radical (unpaired) electrons. The van der Waals surface area contributed by atoms with E-state index in [2.05, 4.69) is 15.7 Å². The molecule has 2 fully saturated rings. The number of rotatable bonds is 6. The van der Waals surface area contributed by atoms with Crippen LogP contribution in [-0.4, -0.2) is 31.4 Å². The molecule has 3 N–H and O–H groups in total. The highest BCUT2D eigenvalue weighted by atomic mass is 35.5. The highest BCUT2D eigenvalue weighted by Gasteiger charge is 2.48. The first kappa shape index (κ1) is 20.8. The summed E-state index contributed by atoms with van der Waals surface area (Å²) in [5, 5.41) is 22.2. The van der Waals surface area contributed by atoms with Gasteiger partial charge in [0.1, 0.15) is 0 Å². The number of imide groups is 1. The first-order valence-electron chi connectivity index (χ1n) is 11.2. The fourth-order valence-electron chi connectivity index (χ4n) is 4.62. The Morgan fingerprint density at radius 3 is 2.59 bits per heavy atom. The van der Waals surface area contributed by atoms with Gasteiger partial charge in [-0.1, -0.05) is 41.9 Å². The summed E-state index contributed by atoms with van der Waals surface area (Å²) in [6.45, 7) is 0.953. The average molecular weight is 476 g/mol. The largest absolute Gasteiger partial charge is 0.494 e. The lowest BCUT2D eigenvalue weighted by Crippen LogP contribution is -2.47. The second-order valence-corrected chi connectivity index (χ2v) is 9.53. The predicted octanol–water partition coefficient (Wildman–Crippen LogP) is 4.01. The van der Waals surface area contributed by atoms with Crippen LogP contribution in [0.25, 0.3) is 21.9 Å². The summed E-state index contributed by atoms with van der Waals surface area (Å²) in [6.07, 6.45) is 8.13. The number of hydrogen-bond donors (Lipinski definition) is 3. The van der Waals surface area contributed by atoms with Gasteiger partial charge in [-0.2, -0.15) is 5.10 Å². The average Bonchev–Trinajstić information content (AvgIpc) is 3.31. The summed E-state index contributed by atoms with van der Waals surface area (Å²) in [6, 6.07) is 12.1. The summed E-state index contributed by atoms with van der Waals surface area (Å²) >= 11 is 6.08. The Hall–Kier alpha value is -3.78. The third-order valence-corrected chi connectivity index (χ3v) is 6.89. The van der Waals surface area contributed by atoms with Gasteiger partial charge in [-0.15, -0.1) is 0 Å². The maximum Gasteiger partial charge on any atom is 0.322 e. The van der Waals surface area contributed by atoms with Gasteiger partial charge in [0.25, 0.3) is 5.91 Å². The first-order valence-corrected chi connectivity index (χ1v) is 11.5. The highest BCUT2D eigenvalue weighted by molar-refractivity contribution is 6.31. The number of urea groups is 1. The van der Waals surface area contributed by atoms with Crippen LogP contribution in [0.15, 0.2) is 61.1 Å². The number of amides is 3. The Morgan fingerprint density at radius 1 is 1.09 bits per heavy atom. The molecule has 2 aromatic carbocycles. The zero-order valence-corrected chi connectivity index (χ0v) is 18.9. The normalized spacial score (nSPS) is 20.0. The van der Waals surface area contributed by atoms with Crippen LogP contribution in [-0.2, 0) is 23.4 Å². The molecule has 0 bridgehead atoms. The lowest BCUT2D eigenvalue weighted by molar-refractivity contribution is -0.124. The summed E-state index contributed by atoms with van der Waals surface area (Å²) < 4.78 is 3.53. The van der Waals surface area contributed by atoms with E-state index in [-0.39, 0.29) is 12.4 Å². The zero-order chi connectivity index (χ0) is 23.4. The fraction of sp³-hybridized carbons (Fsp3) is 0.240. The first-order chi connectivity index (χ1) is 16.4. The molecule has 8 nitrogen and oxygen atoms in total. The Kier molecular flexibility index (Phi) is 4.67. The van der Waals surface area contributed by atoms with Crippen molar-refractivity contribution in [1.29, 1.82) is 0 Å². The van der Waals surface area contributed by atoms with Crippen LogP contribution < -0.4 is 10.6 Å². The van der Waals surface area contributed by atoms with Crippen molar-refractivity contribution in [3.05, 3.63) is 71.6 Å². The van der Waals surface area contributed by atoms with E-state index in [1.165, 1.54) is 12.8 Å². The van der Waals surface area contributed by atoms with E-state index in [1.54, 1.807) is 29.0 Å². The minimum Gasteiger partial charge on any atom is -0.494 e. The topological polar surface area (TPSA) is 101 Å². The van der Waals surface area contributed by atoms with Gasteiger partial charge >= 0.3 is 6.03 Å². The van der Waals surface area contributed by atoms with Gasteiger partial charge in [-0.25, -0.2) is 4.79 Å². The van der Waals surface area contributed by atoms with Crippen molar-refractivity contribution in [2.24, 2.45) is 5.92 Å². The molecule has 1 aliphatic carbocycles. The lowest BCUT2D eigenvalue weighted by Gasteiger charge is -2.27. The van der Waals surface area contributed by atoms with Crippen molar-refractivity contribution in [3.8, 4) is 17.0 Å². The Labute approximate surface area is 200 Å². The maximum atomic E-state index is 13.0. The van der Waals surface area contributed by atoms with Gasteiger partial charge in [0.2, 0.25) is 0 Å². The number of hydrogen-bond acceptors (Lipinski definition) is 4. The molecule has 0 unspecified atom stereocenters. The zero-order valence-electron chi connectivity index (χ0n) is 18.2. The predicted molar refractivity (Wildman–Crippen MR) is 127 cm³/mol. The minimum absolute atomic E-state index is 0.0153. The van der Waals surface area contributed by atoms with E-state index in [0.717, 1.165) is 29.0 Å². The molecule has 2 aromatic heterocycles. The van der Waals surface area contributed by atoms with E-state index >= 15 is 0 Å². The van der Waals surface area contributed by atoms with Gasteiger partial charge in [0.15, 0.2) is 11.4 Å². The quantitative estimate of drug-likeness (QED) is 0.367. The van der Waals surface area contributed by atoms with Crippen LogP contribution in [0.4, 0.5) is 4.79 Å². The molecule has 3 heterocycles. The highest BCUT2D eigenvalue weighted by Crippen LogP contribution is 2.35. The summed E-state index contributed by atoms with van der Waals surface area (Å²) in [7, 11) is 0. The molecule has 1 saturated carbocycles. The van der Waals surface area contributed by atoms with Crippen LogP contribution in [0.3, 0.4) is 0 Å². The van der Waals surface area contributed by atoms with E-state index < -0.39 is 17.5 Å². The molecule has 1 aliphatic heterocycles. The maximum absolute atomic E-state index is 13.0. The number of nitrogens with one attached hydrogen (secondary N) is 2. The SMILES string of the molecule is O=C1NC(=O)[C@](Cn2cc3ccc(Cl)cc3c2O)(c2ccc(-c3cnn(CC4CC4)c3)cc2)N1. The van der Waals surface area contributed by atoms with E-state index in [4.69, 9.17) is 11.6 Å². The molecule has 1 saturated heterocycles. The number of aromatic hydroxyl groups is 1. The van der Waals surface area contributed by atoms with Crippen molar-refractivity contribution >= 4 is 34.3 Å². The molecule has 6 rings (SSSR count). The van der Waals surface area contributed by atoms with Crippen LogP contribution in [0, 0.1) is 5.92 Å². The van der Waals surface area contributed by atoms with Gasteiger partial charge in [0, 0.05) is 40.3 Å². The summed E-state index contributed by atoms with van der Waals surface area (Å²) in [4.78, 5) is 25.2. The number of halogens is 1. The van der Waals surface area contributed by atoms with Gasteiger partial charge in [0.05, 0.1) is 12.7 Å². The summed E-state index contributed by atoms with van der Waals surface area (Å²) in [5.41, 5.74) is 1.20. The monoisotopic (exact) mass is 475 g/mol. The van der Waals surface area contributed by atoms with E-state index in [9.17, 15) is 14.7 Å². The van der Waals surface area contributed by atoms with E-state index in [0.29, 0.717) is 16.0 Å². The van der Waals surface area contributed by atoms with Crippen LogP contribution >= 0.6 is 11.6 Å². The van der Waals surface area contributed by atoms with Crippen molar-refractivity contribution in [3.63, 3.8) is 0 Å². The van der Waals surface area contributed by atoms with Crippen molar-refractivity contribution in [1.82, 2.24) is 25.0 Å². The minimum atomic E-state index is -1.37. The number of carbonyl (C=O) groups is 2. The number of aromatic nitrogens is 3.